The number of ether oxygens (including phenoxy) is 1. The van der Waals surface area contributed by atoms with Gasteiger partial charge in [0, 0.05) is 48.7 Å². The van der Waals surface area contributed by atoms with Crippen LogP contribution in [0.15, 0.2) is 52.8 Å². The smallest absolute Gasteiger partial charge is 0.253 e. The predicted octanol–water partition coefficient (Wildman–Crippen LogP) is 5.86. The van der Waals surface area contributed by atoms with Crippen LogP contribution in [-0.2, 0) is 21.4 Å². The number of rotatable bonds is 17. The number of nitrogens with two attached hydrogens (primary N) is 1. The van der Waals surface area contributed by atoms with Crippen LogP contribution in [-0.4, -0.2) is 136 Å². The lowest BCUT2D eigenvalue weighted by atomic mass is 9.72. The van der Waals surface area contributed by atoms with Crippen molar-refractivity contribution in [1.82, 2.24) is 55.2 Å². The van der Waals surface area contributed by atoms with Gasteiger partial charge in [-0.3, -0.25) is 9.59 Å². The Labute approximate surface area is 432 Å². The molecule has 0 spiro atoms. The minimum absolute atomic E-state index is 0.0156. The number of aromatic nitrogens is 8. The van der Waals surface area contributed by atoms with Crippen LogP contribution in [0.25, 0.3) is 22.0 Å². The highest BCUT2D eigenvalue weighted by atomic mass is 32.1. The van der Waals surface area contributed by atoms with Crippen LogP contribution in [0.1, 0.15) is 118 Å². The van der Waals surface area contributed by atoms with E-state index in [0.29, 0.717) is 52.0 Å². The molecule has 9 rings (SSSR count). The van der Waals surface area contributed by atoms with Crippen LogP contribution < -0.4 is 20.7 Å². The number of likely N-dealkylation sites (tertiary alicyclic amines) is 1. The summed E-state index contributed by atoms with van der Waals surface area (Å²) in [6.45, 7) is 15.4. The first-order chi connectivity index (χ1) is 35.1. The van der Waals surface area contributed by atoms with Gasteiger partial charge in [-0.2, -0.15) is 10.2 Å². The van der Waals surface area contributed by atoms with Crippen LogP contribution in [0.2, 0.25) is 0 Å². The van der Waals surface area contributed by atoms with E-state index in [1.807, 2.05) is 52.0 Å². The molecule has 2 aliphatic heterocycles. The summed E-state index contributed by atoms with van der Waals surface area (Å²) in [4.78, 5) is 55.3. The van der Waals surface area contributed by atoms with Crippen molar-refractivity contribution in [2.75, 3.05) is 50.0 Å². The number of anilines is 2. The second kappa shape index (κ2) is 22.0. The lowest BCUT2D eigenvalue weighted by Gasteiger charge is -2.31. The van der Waals surface area contributed by atoms with Crippen LogP contribution in [0.3, 0.4) is 0 Å². The van der Waals surface area contributed by atoms with Crippen LogP contribution in [0.4, 0.5) is 10.9 Å². The molecule has 3 aliphatic rings. The van der Waals surface area contributed by atoms with E-state index in [9.17, 15) is 25.1 Å². The Morgan fingerprint density at radius 1 is 1.10 bits per heavy atom. The molecule has 0 bridgehead atoms. The number of thiophene rings is 1. The number of nitriles is 1. The molecule has 5 N–H and O–H groups in total. The molecule has 0 saturated carbocycles. The molecule has 22 heteroatoms. The van der Waals surface area contributed by atoms with Gasteiger partial charge in [0.05, 0.1) is 58.1 Å². The van der Waals surface area contributed by atoms with Crippen molar-refractivity contribution in [3.63, 3.8) is 0 Å². The third kappa shape index (κ3) is 10.8. The first-order valence-electron chi connectivity index (χ1n) is 25.1. The number of benzene rings is 1. The number of nitrogens with zero attached hydrogens (tertiary/aromatic N) is 12. The molecular weight excluding hydrogens is 969 g/mol. The summed E-state index contributed by atoms with van der Waals surface area (Å²) in [5.41, 5.74) is 12.0. The molecule has 73 heavy (non-hydrogen) atoms. The van der Waals surface area contributed by atoms with Crippen LogP contribution in [0.5, 0.6) is 5.88 Å². The van der Waals surface area contributed by atoms with Crippen molar-refractivity contribution in [1.29, 1.82) is 5.26 Å². The standard InChI is InChI=1S/C51H64N14O6S2/c1-29(2)43(48(69)64-26-35(67)23-38(64)47(68)57-42(32(5)66)33-12-14-34(15-13-33)44-31(4)55-28-72-44)65-27-40(59-61-65)70-22-8-7-19-62-20-10-21-63(30(3)25-62)50-54-18-16-37(56-50)46-58-49(71-60-46)51(6)17-9-11-39-41(51)36(24-52)45(53)73-39/h12-16,18,27-30,32,35,38,42-43,66-67H,7-11,17,19-23,25-26,53H2,1-6H3,(H,57,68)/t30-,32-,35+,38-,42+,43-,51-/m0/s1. The van der Waals surface area contributed by atoms with Crippen molar-refractivity contribution in [2.45, 2.75) is 128 Å². The number of amides is 2. The highest BCUT2D eigenvalue weighted by molar-refractivity contribution is 7.16. The molecule has 2 amide bonds. The molecule has 7 heterocycles. The summed E-state index contributed by atoms with van der Waals surface area (Å²) in [6, 6.07) is 9.35. The molecule has 1 aliphatic carbocycles. The Hall–Kier alpha value is -6.38. The second-order valence-corrected chi connectivity index (χ2v) is 22.1. The number of aliphatic hydroxyl groups excluding tert-OH is 2. The zero-order chi connectivity index (χ0) is 51.6. The van der Waals surface area contributed by atoms with Crippen molar-refractivity contribution in [3.05, 3.63) is 81.4 Å². The monoisotopic (exact) mass is 1030 g/mol. The normalized spacial score (nSPS) is 21.6. The van der Waals surface area contributed by atoms with Crippen molar-refractivity contribution in [2.24, 2.45) is 5.92 Å². The van der Waals surface area contributed by atoms with Gasteiger partial charge < -0.3 is 45.2 Å². The Bertz CT molecular complexity index is 2930. The van der Waals surface area contributed by atoms with E-state index in [0.717, 1.165) is 91.3 Å². The lowest BCUT2D eigenvalue weighted by molar-refractivity contribution is -0.143. The molecule has 6 aromatic rings. The van der Waals surface area contributed by atoms with E-state index in [1.165, 1.54) is 20.9 Å². The molecule has 0 radical (unpaired) electrons. The number of aryl methyl sites for hydroxylation is 2. The van der Waals surface area contributed by atoms with Gasteiger partial charge in [-0.05, 0) is 102 Å². The van der Waals surface area contributed by atoms with E-state index < -0.39 is 41.7 Å². The number of carbonyl (C=O) groups is 2. The number of β-amino-alcohol motifs (C(OH)–C–C–N with tert-alkyl or cyclic N) is 1. The van der Waals surface area contributed by atoms with Gasteiger partial charge in [-0.25, -0.2) is 19.6 Å². The molecule has 1 aromatic carbocycles. The minimum Gasteiger partial charge on any atom is -0.475 e. The zero-order valence-corrected chi connectivity index (χ0v) is 43.8. The lowest BCUT2D eigenvalue weighted by Crippen LogP contribution is -2.50. The van der Waals surface area contributed by atoms with E-state index in [1.54, 1.807) is 42.2 Å². The summed E-state index contributed by atoms with van der Waals surface area (Å²) >= 11 is 3.02. The fourth-order valence-electron chi connectivity index (χ4n) is 10.6. The molecule has 5 aromatic heterocycles. The van der Waals surface area contributed by atoms with Gasteiger partial charge >= 0.3 is 0 Å². The summed E-state index contributed by atoms with van der Waals surface area (Å²) < 4.78 is 13.4. The molecular formula is C51H64N14O6S2. The van der Waals surface area contributed by atoms with E-state index in [4.69, 9.17) is 25.0 Å². The maximum Gasteiger partial charge on any atom is 0.253 e. The summed E-state index contributed by atoms with van der Waals surface area (Å²) in [7, 11) is 0. The maximum absolute atomic E-state index is 14.3. The Kier molecular flexibility index (Phi) is 15.5. The van der Waals surface area contributed by atoms with Crippen molar-refractivity contribution >= 4 is 45.4 Å². The number of carbonyl (C=O) groups excluding carboxylic acids is 2. The fourth-order valence-corrected chi connectivity index (χ4v) is 12.6. The summed E-state index contributed by atoms with van der Waals surface area (Å²) in [5.74, 6) is 0.662. The highest BCUT2D eigenvalue weighted by Crippen LogP contribution is 2.48. The average molecular weight is 1030 g/mol. The first kappa shape index (κ1) is 51.5. The van der Waals surface area contributed by atoms with E-state index >= 15 is 0 Å². The van der Waals surface area contributed by atoms with Crippen molar-refractivity contribution in [3.8, 4) is 33.9 Å². The fraction of sp³-hybridized carbons (Fsp3) is 0.529. The Morgan fingerprint density at radius 2 is 1.90 bits per heavy atom. The number of nitrogens with one attached hydrogen (secondary N) is 1. The number of nitrogen functional groups attached to an aromatic ring is 1. The first-order valence-corrected chi connectivity index (χ1v) is 26.8. The highest BCUT2D eigenvalue weighted by Gasteiger charge is 2.45. The number of unbranched alkanes of at least 4 members (excludes halogenated alkanes) is 1. The van der Waals surface area contributed by atoms with E-state index in [-0.39, 0.29) is 30.8 Å². The molecule has 386 valence electrons. The van der Waals surface area contributed by atoms with Gasteiger partial charge in [0.25, 0.3) is 5.88 Å². The summed E-state index contributed by atoms with van der Waals surface area (Å²) in [5, 5.41) is 47.9. The van der Waals surface area contributed by atoms with E-state index in [2.05, 4.69) is 53.5 Å². The number of thiazole rings is 1. The number of hydrogen-bond acceptors (Lipinski definition) is 19. The number of aliphatic hydroxyl groups is 2. The minimum atomic E-state index is -0.955. The van der Waals surface area contributed by atoms with Gasteiger partial charge in [0.1, 0.15) is 28.8 Å². The van der Waals surface area contributed by atoms with Gasteiger partial charge in [0.2, 0.25) is 29.5 Å². The molecule has 0 unspecified atom stereocenters. The van der Waals surface area contributed by atoms with Gasteiger partial charge in [0.15, 0.2) is 0 Å². The molecule has 20 nitrogen and oxygen atoms in total. The number of hydrogen-bond donors (Lipinski definition) is 4. The zero-order valence-electron chi connectivity index (χ0n) is 42.1. The average Bonchev–Trinajstić information content (AvgIpc) is 4.23. The largest absolute Gasteiger partial charge is 0.475 e. The van der Waals surface area contributed by atoms with Gasteiger partial charge in [-0.1, -0.05) is 53.6 Å². The van der Waals surface area contributed by atoms with Crippen LogP contribution >= 0.6 is 22.7 Å². The van der Waals surface area contributed by atoms with Crippen LogP contribution in [0, 0.1) is 24.2 Å². The second-order valence-electron chi connectivity index (χ2n) is 20.1. The predicted molar refractivity (Wildman–Crippen MR) is 276 cm³/mol. The molecule has 2 saturated heterocycles. The molecule has 2 fully saturated rings. The number of fused-ring (bicyclic) bond motifs is 1. The summed E-state index contributed by atoms with van der Waals surface area (Å²) in [6.07, 6.45) is 6.73. The maximum atomic E-state index is 14.3. The third-order valence-electron chi connectivity index (χ3n) is 14.4. The Balaban J connectivity index is 0.759. The van der Waals surface area contributed by atoms with Crippen molar-refractivity contribution < 1.29 is 29.1 Å². The topological polar surface area (TPSA) is 264 Å². The van der Waals surface area contributed by atoms with Gasteiger partial charge in [-0.15, -0.1) is 22.7 Å². The quantitative estimate of drug-likeness (QED) is 0.0779. The third-order valence-corrected chi connectivity index (χ3v) is 16.5. The SMILES string of the molecule is Cc1ncsc1-c1ccc([C@H](NC(=O)[C@@H]2C[C@@H](O)CN2C(=O)[C@H](C(C)C)n2cc(OCCCCN3CCCN(c4nccc(-c5noc([C@@]6(C)CCCc7sc(N)c(C#N)c76)n5)n4)[C@@H](C)C3)nn2)[C@H](C)O)cc1. The molecule has 7 atom stereocenters. The Morgan fingerprint density at radius 3 is 2.64 bits per heavy atom.